The zero-order valence-corrected chi connectivity index (χ0v) is 28.8. The van der Waals surface area contributed by atoms with E-state index in [2.05, 4.69) is 36.5 Å². The van der Waals surface area contributed by atoms with E-state index in [4.69, 9.17) is 11.5 Å². The summed E-state index contributed by atoms with van der Waals surface area (Å²) in [5.74, 6) is -0.905. The maximum Gasteiger partial charge on any atom is 0.245 e. The molecule has 4 amide bonds. The average Bonchev–Trinajstić information content (AvgIpc) is 3.05. The molecule has 2 aliphatic rings. The van der Waals surface area contributed by atoms with Crippen LogP contribution in [0.1, 0.15) is 81.4 Å². The normalized spacial score (nSPS) is 17.9. The molecule has 1 heterocycles. The average molecular weight is 709 g/mol. The van der Waals surface area contributed by atoms with Gasteiger partial charge in [0.15, 0.2) is 5.96 Å². The molecule has 0 radical (unpaired) electrons. The van der Waals surface area contributed by atoms with Crippen LogP contribution in [-0.2, 0) is 25.6 Å². The molecule has 1 aliphatic heterocycles. The van der Waals surface area contributed by atoms with Crippen molar-refractivity contribution >= 4 is 51.4 Å². The number of hydrogen-bond donors (Lipinski definition) is 4. The largest absolute Gasteiger partial charge is 0.383 e. The smallest absolute Gasteiger partial charge is 0.245 e. The second-order valence-corrected chi connectivity index (χ2v) is 13.5. The minimum absolute atomic E-state index is 0.0584. The van der Waals surface area contributed by atoms with E-state index < -0.39 is 12.0 Å². The molecule has 12 heteroatoms. The van der Waals surface area contributed by atoms with Gasteiger partial charge in [-0.25, -0.2) is 0 Å². The SMILES string of the molecule is CC(=O)/N=C(\N)c1ccc(CC(C(=O)N[C@H](C(=O)NCC2CCN(/C(N)=N/C(C)=O)CC2)C2CCCCC2)c2cccc(Br)c2)cc1. The van der Waals surface area contributed by atoms with Gasteiger partial charge in [0, 0.05) is 43.5 Å². The van der Waals surface area contributed by atoms with Crippen molar-refractivity contribution in [2.75, 3.05) is 19.6 Å². The fourth-order valence-electron chi connectivity index (χ4n) is 6.44. The lowest BCUT2D eigenvalue weighted by atomic mass is 9.82. The summed E-state index contributed by atoms with van der Waals surface area (Å²) in [5.41, 5.74) is 14.3. The third-order valence-electron chi connectivity index (χ3n) is 9.01. The summed E-state index contributed by atoms with van der Waals surface area (Å²) < 4.78 is 0.860. The number of piperidine rings is 1. The van der Waals surface area contributed by atoms with Gasteiger partial charge < -0.3 is 27.0 Å². The monoisotopic (exact) mass is 707 g/mol. The minimum atomic E-state index is -0.638. The van der Waals surface area contributed by atoms with Crippen molar-refractivity contribution in [1.82, 2.24) is 15.5 Å². The standard InChI is InChI=1S/C35H46BrN7O4/c1-22(44)40-32(37)27-13-11-24(12-14-27)19-30(28-9-6-10-29(36)20-28)33(46)42-31(26-7-4-3-5-8-26)34(47)39-21-25-15-17-43(18-16-25)35(38)41-23(2)45/h6,9-14,20,25-26,30-31H,3-5,7-8,15-19,21H2,1-2H3,(H,39,47)(H,42,46)(H2,37,40,44)(H2,38,41,45)/t30?,31-/m0/s1. The summed E-state index contributed by atoms with van der Waals surface area (Å²) in [6, 6.07) is 14.4. The first kappa shape index (κ1) is 35.8. The lowest BCUT2D eigenvalue weighted by Crippen LogP contribution is -2.53. The lowest BCUT2D eigenvalue weighted by Gasteiger charge is -2.34. The number of benzene rings is 2. The Morgan fingerprint density at radius 1 is 0.894 bits per heavy atom. The lowest BCUT2D eigenvalue weighted by molar-refractivity contribution is -0.131. The summed E-state index contributed by atoms with van der Waals surface area (Å²) >= 11 is 3.55. The number of hydrogen-bond acceptors (Lipinski definition) is 4. The first-order chi connectivity index (χ1) is 22.5. The van der Waals surface area contributed by atoms with Crippen LogP contribution < -0.4 is 22.1 Å². The molecule has 47 heavy (non-hydrogen) atoms. The molecule has 11 nitrogen and oxygen atoms in total. The highest BCUT2D eigenvalue weighted by atomic mass is 79.9. The number of nitrogens with zero attached hydrogens (tertiary/aromatic N) is 3. The van der Waals surface area contributed by atoms with Crippen LogP contribution in [0.4, 0.5) is 0 Å². The molecule has 6 N–H and O–H groups in total. The molecule has 2 aromatic carbocycles. The van der Waals surface area contributed by atoms with Gasteiger partial charge >= 0.3 is 0 Å². The maximum atomic E-state index is 14.2. The summed E-state index contributed by atoms with van der Waals surface area (Å²) in [6.07, 6.45) is 6.99. The van der Waals surface area contributed by atoms with Crippen molar-refractivity contribution in [3.05, 3.63) is 69.7 Å². The highest BCUT2D eigenvalue weighted by molar-refractivity contribution is 9.10. The molecular weight excluding hydrogens is 662 g/mol. The Bertz CT molecular complexity index is 1480. The van der Waals surface area contributed by atoms with Crippen molar-refractivity contribution in [3.63, 3.8) is 0 Å². The van der Waals surface area contributed by atoms with E-state index in [0.29, 0.717) is 31.6 Å². The molecule has 2 atom stereocenters. The van der Waals surface area contributed by atoms with E-state index in [-0.39, 0.29) is 47.3 Å². The van der Waals surface area contributed by atoms with Crippen molar-refractivity contribution < 1.29 is 19.2 Å². The Balaban J connectivity index is 1.47. The first-order valence-corrected chi connectivity index (χ1v) is 17.2. The summed E-state index contributed by atoms with van der Waals surface area (Å²) in [5, 5.41) is 6.35. The van der Waals surface area contributed by atoms with Crippen molar-refractivity contribution in [1.29, 1.82) is 0 Å². The van der Waals surface area contributed by atoms with Crippen LogP contribution in [0.3, 0.4) is 0 Å². The predicted octanol–water partition coefficient (Wildman–Crippen LogP) is 3.78. The highest BCUT2D eigenvalue weighted by Crippen LogP contribution is 2.29. The van der Waals surface area contributed by atoms with Crippen LogP contribution in [0, 0.1) is 11.8 Å². The maximum absolute atomic E-state index is 14.2. The predicted molar refractivity (Wildman–Crippen MR) is 187 cm³/mol. The van der Waals surface area contributed by atoms with Crippen LogP contribution in [0.5, 0.6) is 0 Å². The molecule has 2 fully saturated rings. The molecule has 0 bridgehead atoms. The van der Waals surface area contributed by atoms with Crippen LogP contribution in [0.25, 0.3) is 0 Å². The summed E-state index contributed by atoms with van der Waals surface area (Å²) in [4.78, 5) is 60.2. The number of carbonyl (C=O) groups is 4. The molecule has 0 aromatic heterocycles. The minimum Gasteiger partial charge on any atom is -0.383 e. The van der Waals surface area contributed by atoms with Crippen LogP contribution in [-0.4, -0.2) is 66.0 Å². The van der Waals surface area contributed by atoms with Gasteiger partial charge in [-0.3, -0.25) is 19.2 Å². The van der Waals surface area contributed by atoms with Crippen LogP contribution >= 0.6 is 15.9 Å². The number of guanidine groups is 1. The Labute approximate surface area is 285 Å². The number of aliphatic imine (C=N–C) groups is 2. The Hall–Kier alpha value is -4.06. The third-order valence-corrected chi connectivity index (χ3v) is 9.51. The van der Waals surface area contributed by atoms with Crippen molar-refractivity contribution in [2.45, 2.75) is 77.2 Å². The Morgan fingerprint density at radius 3 is 2.17 bits per heavy atom. The Kier molecular flexibility index (Phi) is 13.1. The van der Waals surface area contributed by atoms with E-state index in [1.165, 1.54) is 13.8 Å². The number of nitrogens with two attached hydrogens (primary N) is 2. The number of halogens is 1. The van der Waals surface area contributed by atoms with E-state index in [1.807, 2.05) is 41.3 Å². The first-order valence-electron chi connectivity index (χ1n) is 16.4. The highest BCUT2D eigenvalue weighted by Gasteiger charge is 2.34. The number of rotatable bonds is 10. The Morgan fingerprint density at radius 2 is 1.55 bits per heavy atom. The fraction of sp³-hybridized carbons (Fsp3) is 0.486. The van der Waals surface area contributed by atoms with Gasteiger partial charge in [-0.1, -0.05) is 71.6 Å². The number of amidine groups is 1. The van der Waals surface area contributed by atoms with Gasteiger partial charge in [0.25, 0.3) is 0 Å². The van der Waals surface area contributed by atoms with E-state index in [1.54, 1.807) is 12.1 Å². The molecule has 252 valence electrons. The van der Waals surface area contributed by atoms with Gasteiger partial charge in [0.2, 0.25) is 23.6 Å². The molecule has 1 aliphatic carbocycles. The van der Waals surface area contributed by atoms with E-state index >= 15 is 0 Å². The van der Waals surface area contributed by atoms with Gasteiger partial charge in [0.1, 0.15) is 11.9 Å². The van der Waals surface area contributed by atoms with Crippen molar-refractivity contribution in [3.8, 4) is 0 Å². The second-order valence-electron chi connectivity index (χ2n) is 12.6. The van der Waals surface area contributed by atoms with Gasteiger partial charge in [0.05, 0.1) is 5.92 Å². The molecule has 0 spiro atoms. The third kappa shape index (κ3) is 10.7. The fourth-order valence-corrected chi connectivity index (χ4v) is 6.86. The van der Waals surface area contributed by atoms with E-state index in [9.17, 15) is 19.2 Å². The number of nitrogens with one attached hydrogen (secondary N) is 2. The number of carbonyl (C=O) groups excluding carboxylic acids is 4. The van der Waals surface area contributed by atoms with Gasteiger partial charge in [-0.15, -0.1) is 0 Å². The molecule has 1 saturated heterocycles. The van der Waals surface area contributed by atoms with E-state index in [0.717, 1.165) is 60.5 Å². The molecule has 1 saturated carbocycles. The van der Waals surface area contributed by atoms with Gasteiger partial charge in [-0.05, 0) is 67.2 Å². The summed E-state index contributed by atoms with van der Waals surface area (Å²) in [6.45, 7) is 4.56. The number of likely N-dealkylation sites (tertiary alicyclic amines) is 1. The molecular formula is C35H46BrN7O4. The molecule has 1 unspecified atom stereocenters. The zero-order chi connectivity index (χ0) is 33.9. The van der Waals surface area contributed by atoms with Crippen LogP contribution in [0.15, 0.2) is 63.0 Å². The van der Waals surface area contributed by atoms with Gasteiger partial charge in [-0.2, -0.15) is 9.98 Å². The molecule has 2 aromatic rings. The van der Waals surface area contributed by atoms with Crippen LogP contribution in [0.2, 0.25) is 0 Å². The number of amides is 4. The topological polar surface area (TPSA) is 172 Å². The zero-order valence-electron chi connectivity index (χ0n) is 27.2. The quantitative estimate of drug-likeness (QED) is 0.215. The second kappa shape index (κ2) is 17.2. The van der Waals surface area contributed by atoms with Crippen molar-refractivity contribution in [2.24, 2.45) is 33.3 Å². The summed E-state index contributed by atoms with van der Waals surface area (Å²) in [7, 11) is 0. The molecule has 4 rings (SSSR count).